The third-order valence-electron chi connectivity index (χ3n) is 3.22. The third-order valence-corrected chi connectivity index (χ3v) is 3.22. The van der Waals surface area contributed by atoms with Gasteiger partial charge in [0.2, 0.25) is 0 Å². The number of halogens is 2. The summed E-state index contributed by atoms with van der Waals surface area (Å²) in [5.41, 5.74) is 7.38. The lowest BCUT2D eigenvalue weighted by molar-refractivity contribution is 0.388. The molecule has 3 nitrogen and oxygen atoms in total. The summed E-state index contributed by atoms with van der Waals surface area (Å²) in [6.07, 6.45) is 0.303. The molecule has 1 unspecified atom stereocenters. The van der Waals surface area contributed by atoms with E-state index in [0.29, 0.717) is 23.5 Å². The smallest absolute Gasteiger partial charge is 0.127 e. The number of rotatable bonds is 5. The van der Waals surface area contributed by atoms with Crippen LogP contribution in [0.4, 0.5) is 8.78 Å². The van der Waals surface area contributed by atoms with E-state index in [1.807, 2.05) is 0 Å². The van der Waals surface area contributed by atoms with E-state index in [1.165, 1.54) is 19.2 Å². The molecular formula is C16H17F2NO2. The van der Waals surface area contributed by atoms with Crippen LogP contribution in [-0.4, -0.2) is 14.2 Å². The number of hydrogen-bond acceptors (Lipinski definition) is 3. The van der Waals surface area contributed by atoms with Gasteiger partial charge in [0.15, 0.2) is 0 Å². The highest BCUT2D eigenvalue weighted by Gasteiger charge is 2.14. The first-order valence-electron chi connectivity index (χ1n) is 6.46. The van der Waals surface area contributed by atoms with Gasteiger partial charge in [0, 0.05) is 23.7 Å². The second-order valence-corrected chi connectivity index (χ2v) is 4.70. The molecule has 0 aliphatic heterocycles. The monoisotopic (exact) mass is 293 g/mol. The number of nitrogens with two attached hydrogens (primary N) is 1. The molecule has 2 aromatic carbocycles. The van der Waals surface area contributed by atoms with Crippen LogP contribution < -0.4 is 15.2 Å². The van der Waals surface area contributed by atoms with E-state index in [9.17, 15) is 8.78 Å². The maximum absolute atomic E-state index is 13.2. The highest BCUT2D eigenvalue weighted by Crippen LogP contribution is 2.30. The summed E-state index contributed by atoms with van der Waals surface area (Å²) in [5, 5.41) is 0. The lowest BCUT2D eigenvalue weighted by Gasteiger charge is -2.17. The minimum Gasteiger partial charge on any atom is -0.497 e. The maximum atomic E-state index is 13.2. The molecule has 2 rings (SSSR count). The minimum atomic E-state index is -0.612. The fraction of sp³-hybridized carbons (Fsp3) is 0.250. The normalized spacial score (nSPS) is 12.0. The number of benzene rings is 2. The Hall–Kier alpha value is -2.14. The Balaban J connectivity index is 2.25. The highest BCUT2D eigenvalue weighted by atomic mass is 19.1. The van der Waals surface area contributed by atoms with Crippen LogP contribution in [-0.2, 0) is 6.42 Å². The molecule has 0 aromatic heterocycles. The van der Waals surface area contributed by atoms with Crippen LogP contribution >= 0.6 is 0 Å². The van der Waals surface area contributed by atoms with Gasteiger partial charge in [-0.15, -0.1) is 0 Å². The summed E-state index contributed by atoms with van der Waals surface area (Å²) >= 11 is 0. The lowest BCUT2D eigenvalue weighted by atomic mass is 9.98. The number of ether oxygens (including phenoxy) is 2. The van der Waals surface area contributed by atoms with Gasteiger partial charge in [-0.2, -0.15) is 0 Å². The van der Waals surface area contributed by atoms with Gasteiger partial charge in [0.1, 0.15) is 23.1 Å². The lowest BCUT2D eigenvalue weighted by Crippen LogP contribution is -2.14. The topological polar surface area (TPSA) is 44.5 Å². The van der Waals surface area contributed by atoms with Gasteiger partial charge in [0.25, 0.3) is 0 Å². The second kappa shape index (κ2) is 6.54. The van der Waals surface area contributed by atoms with Crippen LogP contribution in [0.15, 0.2) is 36.4 Å². The molecule has 21 heavy (non-hydrogen) atoms. The molecule has 0 fully saturated rings. The van der Waals surface area contributed by atoms with Gasteiger partial charge in [0.05, 0.1) is 14.2 Å². The van der Waals surface area contributed by atoms with Gasteiger partial charge in [-0.3, -0.25) is 0 Å². The molecule has 0 saturated heterocycles. The van der Waals surface area contributed by atoms with Crippen LogP contribution in [0, 0.1) is 11.6 Å². The Morgan fingerprint density at radius 3 is 2.24 bits per heavy atom. The fourth-order valence-corrected chi connectivity index (χ4v) is 2.22. The van der Waals surface area contributed by atoms with Gasteiger partial charge < -0.3 is 15.2 Å². The zero-order valence-electron chi connectivity index (χ0n) is 11.9. The standard InChI is InChI=1S/C16H17F2NO2/c1-20-13-3-4-14(16(9-13)21-2)15(19)7-10-5-11(17)8-12(18)6-10/h3-6,8-9,15H,7,19H2,1-2H3. The van der Waals surface area contributed by atoms with E-state index >= 15 is 0 Å². The summed E-state index contributed by atoms with van der Waals surface area (Å²) in [6, 6.07) is 8.23. The summed E-state index contributed by atoms with van der Waals surface area (Å²) in [6.45, 7) is 0. The predicted molar refractivity (Wildman–Crippen MR) is 76.5 cm³/mol. The molecule has 1 atom stereocenters. The van der Waals surface area contributed by atoms with Crippen LogP contribution in [0.2, 0.25) is 0 Å². The molecule has 0 bridgehead atoms. The zero-order valence-corrected chi connectivity index (χ0v) is 11.9. The first kappa shape index (κ1) is 15.3. The molecule has 2 aromatic rings. The summed E-state index contributed by atoms with van der Waals surface area (Å²) < 4.78 is 36.8. The van der Waals surface area contributed by atoms with Crippen molar-refractivity contribution in [3.63, 3.8) is 0 Å². The first-order chi connectivity index (χ1) is 10.0. The van der Waals surface area contributed by atoms with Crippen molar-refractivity contribution in [2.75, 3.05) is 14.2 Å². The molecule has 0 heterocycles. The largest absolute Gasteiger partial charge is 0.497 e. The van der Waals surface area contributed by atoms with Gasteiger partial charge in [-0.05, 0) is 30.2 Å². The third kappa shape index (κ3) is 3.70. The van der Waals surface area contributed by atoms with E-state index in [0.717, 1.165) is 11.6 Å². The Morgan fingerprint density at radius 1 is 1.00 bits per heavy atom. The average molecular weight is 293 g/mol. The van der Waals surface area contributed by atoms with E-state index < -0.39 is 17.7 Å². The maximum Gasteiger partial charge on any atom is 0.127 e. The quantitative estimate of drug-likeness (QED) is 0.920. The Labute approximate surface area is 122 Å². The van der Waals surface area contributed by atoms with Crippen LogP contribution in [0.1, 0.15) is 17.2 Å². The minimum absolute atomic E-state index is 0.303. The molecule has 0 radical (unpaired) electrons. The molecule has 0 amide bonds. The first-order valence-corrected chi connectivity index (χ1v) is 6.46. The molecule has 5 heteroatoms. The van der Waals surface area contributed by atoms with Crippen LogP contribution in [0.5, 0.6) is 11.5 Å². The van der Waals surface area contributed by atoms with E-state index in [4.69, 9.17) is 15.2 Å². The van der Waals surface area contributed by atoms with Crippen molar-refractivity contribution in [1.29, 1.82) is 0 Å². The van der Waals surface area contributed by atoms with Crippen molar-refractivity contribution in [2.24, 2.45) is 5.73 Å². The Morgan fingerprint density at radius 2 is 1.67 bits per heavy atom. The van der Waals surface area contributed by atoms with Crippen molar-refractivity contribution in [2.45, 2.75) is 12.5 Å². The summed E-state index contributed by atoms with van der Waals surface area (Å²) in [7, 11) is 3.09. The molecular weight excluding hydrogens is 276 g/mol. The van der Waals surface area contributed by atoms with Crippen molar-refractivity contribution >= 4 is 0 Å². The van der Waals surface area contributed by atoms with Gasteiger partial charge in [-0.25, -0.2) is 8.78 Å². The SMILES string of the molecule is COc1ccc(C(N)Cc2cc(F)cc(F)c2)c(OC)c1. The Bertz CT molecular complexity index is 611. The van der Waals surface area contributed by atoms with Crippen molar-refractivity contribution < 1.29 is 18.3 Å². The molecule has 2 N–H and O–H groups in total. The summed E-state index contributed by atoms with van der Waals surface area (Å²) in [5.74, 6) is 0.0103. The molecule has 0 aliphatic carbocycles. The second-order valence-electron chi connectivity index (χ2n) is 4.70. The van der Waals surface area contributed by atoms with Crippen molar-refractivity contribution in [3.8, 4) is 11.5 Å². The molecule has 0 saturated carbocycles. The number of hydrogen-bond donors (Lipinski definition) is 1. The van der Waals surface area contributed by atoms with Crippen LogP contribution in [0.3, 0.4) is 0 Å². The molecule has 0 spiro atoms. The predicted octanol–water partition coefficient (Wildman–Crippen LogP) is 3.22. The highest BCUT2D eigenvalue weighted by molar-refractivity contribution is 5.43. The van der Waals surface area contributed by atoms with E-state index in [2.05, 4.69) is 0 Å². The van der Waals surface area contributed by atoms with E-state index in [1.54, 1.807) is 25.3 Å². The molecule has 0 aliphatic rings. The van der Waals surface area contributed by atoms with Gasteiger partial charge >= 0.3 is 0 Å². The summed E-state index contributed by atoms with van der Waals surface area (Å²) in [4.78, 5) is 0. The average Bonchev–Trinajstić information content (AvgIpc) is 2.45. The van der Waals surface area contributed by atoms with Crippen molar-refractivity contribution in [1.82, 2.24) is 0 Å². The fourth-order valence-electron chi connectivity index (χ4n) is 2.22. The Kier molecular flexibility index (Phi) is 4.75. The van der Waals surface area contributed by atoms with Crippen molar-refractivity contribution in [3.05, 3.63) is 59.2 Å². The van der Waals surface area contributed by atoms with E-state index in [-0.39, 0.29) is 0 Å². The number of methoxy groups -OCH3 is 2. The van der Waals surface area contributed by atoms with Gasteiger partial charge in [-0.1, -0.05) is 6.07 Å². The van der Waals surface area contributed by atoms with Crippen LogP contribution in [0.25, 0.3) is 0 Å². The molecule has 112 valence electrons. The zero-order chi connectivity index (χ0) is 15.4.